The smallest absolute Gasteiger partial charge is 0.0492 e. The molecule has 1 N–H and O–H groups in total. The van der Waals surface area contributed by atoms with Gasteiger partial charge in [-0.1, -0.05) is 20.3 Å². The zero-order valence-electron chi connectivity index (χ0n) is 9.90. The summed E-state index contributed by atoms with van der Waals surface area (Å²) >= 11 is 0. The first kappa shape index (κ1) is 10.7. The van der Waals surface area contributed by atoms with Gasteiger partial charge in [0.1, 0.15) is 0 Å². The lowest BCUT2D eigenvalue weighted by atomic mass is 9.66. The van der Waals surface area contributed by atoms with Gasteiger partial charge in [-0.2, -0.15) is 5.10 Å². The Morgan fingerprint density at radius 3 is 2.87 bits per heavy atom. The Hall–Kier alpha value is -0.830. The third-order valence-corrected chi connectivity index (χ3v) is 3.72. The van der Waals surface area contributed by atoms with Crippen LogP contribution >= 0.6 is 0 Å². The number of aromatic nitrogens is 2. The molecule has 1 heterocycles. The molecule has 3 atom stereocenters. The standard InChI is InChI=1S/C12H21N3/c1-4-9-10(8-11(9)13-5-2)12-6-7-14-15(12)3/h6-7,9-11,13H,4-5,8H2,1-3H3. The Bertz CT molecular complexity index is 318. The van der Waals surface area contributed by atoms with Crippen LogP contribution < -0.4 is 5.32 Å². The normalized spacial score (nSPS) is 30.2. The summed E-state index contributed by atoms with van der Waals surface area (Å²) in [4.78, 5) is 0. The van der Waals surface area contributed by atoms with Crippen LogP contribution in [0.15, 0.2) is 12.3 Å². The highest BCUT2D eigenvalue weighted by Crippen LogP contribution is 2.44. The van der Waals surface area contributed by atoms with Crippen molar-refractivity contribution in [2.45, 2.75) is 38.6 Å². The molecule has 0 aromatic carbocycles. The van der Waals surface area contributed by atoms with Crippen molar-refractivity contribution in [1.82, 2.24) is 15.1 Å². The monoisotopic (exact) mass is 207 g/mol. The molecule has 2 rings (SSSR count). The average molecular weight is 207 g/mol. The van der Waals surface area contributed by atoms with E-state index in [9.17, 15) is 0 Å². The molecule has 1 aliphatic carbocycles. The third-order valence-electron chi connectivity index (χ3n) is 3.72. The predicted molar refractivity (Wildman–Crippen MR) is 61.8 cm³/mol. The van der Waals surface area contributed by atoms with Crippen LogP contribution in [0, 0.1) is 5.92 Å². The summed E-state index contributed by atoms with van der Waals surface area (Å²) < 4.78 is 2.02. The fourth-order valence-electron chi connectivity index (χ4n) is 2.86. The lowest BCUT2D eigenvalue weighted by Gasteiger charge is -2.45. The molecule has 1 aliphatic rings. The molecule has 0 saturated heterocycles. The van der Waals surface area contributed by atoms with Gasteiger partial charge in [-0.3, -0.25) is 4.68 Å². The minimum Gasteiger partial charge on any atom is -0.314 e. The molecule has 3 unspecified atom stereocenters. The van der Waals surface area contributed by atoms with Crippen LogP contribution in [0.5, 0.6) is 0 Å². The summed E-state index contributed by atoms with van der Waals surface area (Å²) in [6.45, 7) is 5.56. The summed E-state index contributed by atoms with van der Waals surface area (Å²) in [5, 5.41) is 7.82. The highest BCUT2D eigenvalue weighted by molar-refractivity contribution is 5.16. The maximum Gasteiger partial charge on any atom is 0.0492 e. The molecule has 15 heavy (non-hydrogen) atoms. The van der Waals surface area contributed by atoms with Crippen LogP contribution in [0.25, 0.3) is 0 Å². The van der Waals surface area contributed by atoms with E-state index in [1.807, 2.05) is 17.9 Å². The molecule has 0 amide bonds. The Labute approximate surface area is 91.9 Å². The predicted octanol–water partition coefficient (Wildman–Crippen LogP) is 1.91. The largest absolute Gasteiger partial charge is 0.314 e. The van der Waals surface area contributed by atoms with Gasteiger partial charge in [-0.25, -0.2) is 0 Å². The van der Waals surface area contributed by atoms with Crippen LogP contribution in [0.2, 0.25) is 0 Å². The van der Waals surface area contributed by atoms with Crippen molar-refractivity contribution in [2.24, 2.45) is 13.0 Å². The zero-order chi connectivity index (χ0) is 10.8. The lowest BCUT2D eigenvalue weighted by molar-refractivity contribution is 0.156. The van der Waals surface area contributed by atoms with Gasteiger partial charge in [0, 0.05) is 30.9 Å². The van der Waals surface area contributed by atoms with Crippen molar-refractivity contribution in [3.63, 3.8) is 0 Å². The van der Waals surface area contributed by atoms with Crippen molar-refractivity contribution in [1.29, 1.82) is 0 Å². The zero-order valence-corrected chi connectivity index (χ0v) is 9.90. The van der Waals surface area contributed by atoms with E-state index < -0.39 is 0 Å². The van der Waals surface area contributed by atoms with E-state index in [4.69, 9.17) is 0 Å². The Morgan fingerprint density at radius 1 is 1.53 bits per heavy atom. The molecule has 1 fully saturated rings. The second kappa shape index (κ2) is 4.35. The number of rotatable bonds is 4. The van der Waals surface area contributed by atoms with Gasteiger partial charge in [-0.15, -0.1) is 0 Å². The van der Waals surface area contributed by atoms with E-state index in [0.29, 0.717) is 5.92 Å². The molecule has 1 saturated carbocycles. The molecule has 0 spiro atoms. The van der Waals surface area contributed by atoms with Crippen molar-refractivity contribution in [3.05, 3.63) is 18.0 Å². The molecule has 0 aliphatic heterocycles. The van der Waals surface area contributed by atoms with E-state index >= 15 is 0 Å². The lowest BCUT2D eigenvalue weighted by Crippen LogP contribution is -2.49. The van der Waals surface area contributed by atoms with Gasteiger partial charge >= 0.3 is 0 Å². The Balaban J connectivity index is 2.05. The highest BCUT2D eigenvalue weighted by Gasteiger charge is 2.41. The SMILES string of the molecule is CCNC1CC(c2ccnn2C)C1CC. The van der Waals surface area contributed by atoms with E-state index in [-0.39, 0.29) is 0 Å². The maximum absolute atomic E-state index is 4.26. The molecular weight excluding hydrogens is 186 g/mol. The third kappa shape index (κ3) is 1.81. The minimum atomic E-state index is 0.714. The molecule has 0 radical (unpaired) electrons. The number of hydrogen-bond donors (Lipinski definition) is 1. The van der Waals surface area contributed by atoms with Crippen molar-refractivity contribution in [2.75, 3.05) is 6.54 Å². The van der Waals surface area contributed by atoms with Gasteiger partial charge in [0.05, 0.1) is 0 Å². The molecule has 0 bridgehead atoms. The van der Waals surface area contributed by atoms with E-state index in [2.05, 4.69) is 30.3 Å². The van der Waals surface area contributed by atoms with Gasteiger partial charge in [0.25, 0.3) is 0 Å². The summed E-state index contributed by atoms with van der Waals surface area (Å²) in [7, 11) is 2.04. The molecule has 1 aromatic rings. The van der Waals surface area contributed by atoms with Crippen molar-refractivity contribution in [3.8, 4) is 0 Å². The highest BCUT2D eigenvalue weighted by atomic mass is 15.3. The fourth-order valence-corrected chi connectivity index (χ4v) is 2.86. The van der Waals surface area contributed by atoms with E-state index in [1.165, 1.54) is 18.5 Å². The van der Waals surface area contributed by atoms with Gasteiger partial charge < -0.3 is 5.32 Å². The van der Waals surface area contributed by atoms with Crippen LogP contribution in [-0.2, 0) is 7.05 Å². The Kier molecular flexibility index (Phi) is 3.10. The fraction of sp³-hybridized carbons (Fsp3) is 0.750. The van der Waals surface area contributed by atoms with Crippen LogP contribution in [-0.4, -0.2) is 22.4 Å². The number of nitrogens with one attached hydrogen (secondary N) is 1. The van der Waals surface area contributed by atoms with Crippen molar-refractivity contribution < 1.29 is 0 Å². The van der Waals surface area contributed by atoms with Crippen molar-refractivity contribution >= 4 is 0 Å². The van der Waals surface area contributed by atoms with Crippen LogP contribution in [0.3, 0.4) is 0 Å². The van der Waals surface area contributed by atoms with Gasteiger partial charge in [0.2, 0.25) is 0 Å². The number of nitrogens with zero attached hydrogens (tertiary/aromatic N) is 2. The summed E-state index contributed by atoms with van der Waals surface area (Å²) in [6, 6.07) is 2.88. The summed E-state index contributed by atoms with van der Waals surface area (Å²) in [6.07, 6.45) is 4.43. The quantitative estimate of drug-likeness (QED) is 0.817. The van der Waals surface area contributed by atoms with Crippen LogP contribution in [0.1, 0.15) is 38.3 Å². The average Bonchev–Trinajstić information content (AvgIpc) is 2.59. The topological polar surface area (TPSA) is 29.9 Å². The first-order valence-electron chi connectivity index (χ1n) is 5.99. The molecule has 3 heteroatoms. The number of aryl methyl sites for hydroxylation is 1. The van der Waals surface area contributed by atoms with Gasteiger partial charge in [0.15, 0.2) is 0 Å². The second-order valence-corrected chi connectivity index (χ2v) is 4.46. The summed E-state index contributed by atoms with van der Waals surface area (Å²) in [5.74, 6) is 1.51. The first-order chi connectivity index (χ1) is 7.27. The molecular formula is C12H21N3. The van der Waals surface area contributed by atoms with E-state index in [1.54, 1.807) is 0 Å². The molecule has 3 nitrogen and oxygen atoms in total. The number of hydrogen-bond acceptors (Lipinski definition) is 2. The van der Waals surface area contributed by atoms with Gasteiger partial charge in [-0.05, 0) is 24.9 Å². The molecule has 1 aromatic heterocycles. The Morgan fingerprint density at radius 2 is 2.33 bits per heavy atom. The first-order valence-corrected chi connectivity index (χ1v) is 5.99. The van der Waals surface area contributed by atoms with Crippen LogP contribution in [0.4, 0.5) is 0 Å². The van der Waals surface area contributed by atoms with E-state index in [0.717, 1.165) is 18.5 Å². The minimum absolute atomic E-state index is 0.714. The maximum atomic E-state index is 4.26. The molecule has 84 valence electrons. The second-order valence-electron chi connectivity index (χ2n) is 4.46. The summed E-state index contributed by atoms with van der Waals surface area (Å²) in [5.41, 5.74) is 1.40.